The average Bonchev–Trinajstić information content (AvgIpc) is 2.17. The standard InChI is InChI=1S/C11H17N3O/c1-11(2,3)8-5-4-6-13-10(8)14-9(15)7-12/h4-6H,7,12H2,1-3H3,(H,13,14,15). The number of carbonyl (C=O) groups excluding carboxylic acids is 1. The van der Waals surface area contributed by atoms with Crippen LogP contribution >= 0.6 is 0 Å². The number of pyridine rings is 1. The molecule has 1 aromatic rings. The number of nitrogens with zero attached hydrogens (tertiary/aromatic N) is 1. The maximum Gasteiger partial charge on any atom is 0.239 e. The van der Waals surface area contributed by atoms with Crippen molar-refractivity contribution in [2.24, 2.45) is 5.73 Å². The largest absolute Gasteiger partial charge is 0.322 e. The number of amides is 1. The molecule has 3 N–H and O–H groups in total. The van der Waals surface area contributed by atoms with Gasteiger partial charge < -0.3 is 11.1 Å². The Morgan fingerprint density at radius 3 is 2.73 bits per heavy atom. The Balaban J connectivity index is 3.02. The summed E-state index contributed by atoms with van der Waals surface area (Å²) in [5.41, 5.74) is 6.20. The van der Waals surface area contributed by atoms with Crippen molar-refractivity contribution in [1.29, 1.82) is 0 Å². The van der Waals surface area contributed by atoms with Crippen LogP contribution in [-0.4, -0.2) is 17.4 Å². The fourth-order valence-electron chi connectivity index (χ4n) is 1.29. The average molecular weight is 207 g/mol. The molecule has 0 unspecified atom stereocenters. The first-order valence-corrected chi connectivity index (χ1v) is 4.90. The number of nitrogens with two attached hydrogens (primary N) is 1. The lowest BCUT2D eigenvalue weighted by molar-refractivity contribution is -0.114. The molecule has 4 heteroatoms. The molecule has 0 aliphatic heterocycles. The normalized spacial score (nSPS) is 11.2. The van der Waals surface area contributed by atoms with E-state index >= 15 is 0 Å². The topological polar surface area (TPSA) is 68.0 Å². The second-order valence-corrected chi connectivity index (χ2v) is 4.40. The highest BCUT2D eigenvalue weighted by atomic mass is 16.1. The van der Waals surface area contributed by atoms with Crippen LogP contribution in [0.3, 0.4) is 0 Å². The third-order valence-corrected chi connectivity index (χ3v) is 2.06. The molecule has 1 aromatic heterocycles. The van der Waals surface area contributed by atoms with Crippen molar-refractivity contribution in [3.63, 3.8) is 0 Å². The molecule has 0 saturated carbocycles. The van der Waals surface area contributed by atoms with Crippen molar-refractivity contribution in [3.8, 4) is 0 Å². The van der Waals surface area contributed by atoms with Gasteiger partial charge in [0.05, 0.1) is 6.54 Å². The molecule has 1 heterocycles. The highest BCUT2D eigenvalue weighted by Gasteiger charge is 2.19. The van der Waals surface area contributed by atoms with Crippen LogP contribution < -0.4 is 11.1 Å². The van der Waals surface area contributed by atoms with Crippen LogP contribution in [0.5, 0.6) is 0 Å². The summed E-state index contributed by atoms with van der Waals surface area (Å²) in [6.07, 6.45) is 1.65. The molecule has 1 amide bonds. The smallest absolute Gasteiger partial charge is 0.239 e. The van der Waals surface area contributed by atoms with Crippen LogP contribution in [0.2, 0.25) is 0 Å². The lowest BCUT2D eigenvalue weighted by Crippen LogP contribution is -2.25. The van der Waals surface area contributed by atoms with Crippen LogP contribution in [0.15, 0.2) is 18.3 Å². The van der Waals surface area contributed by atoms with Gasteiger partial charge in [-0.2, -0.15) is 0 Å². The van der Waals surface area contributed by atoms with Gasteiger partial charge in [0.25, 0.3) is 0 Å². The fraction of sp³-hybridized carbons (Fsp3) is 0.455. The van der Waals surface area contributed by atoms with Crippen molar-refractivity contribution in [2.45, 2.75) is 26.2 Å². The molecule has 15 heavy (non-hydrogen) atoms. The summed E-state index contributed by atoms with van der Waals surface area (Å²) in [7, 11) is 0. The Morgan fingerprint density at radius 1 is 1.53 bits per heavy atom. The number of anilines is 1. The second kappa shape index (κ2) is 4.40. The maximum atomic E-state index is 11.2. The monoisotopic (exact) mass is 207 g/mol. The van der Waals surface area contributed by atoms with Crippen molar-refractivity contribution < 1.29 is 4.79 Å². The van der Waals surface area contributed by atoms with Gasteiger partial charge in [0.2, 0.25) is 5.91 Å². The summed E-state index contributed by atoms with van der Waals surface area (Å²) in [5.74, 6) is 0.375. The van der Waals surface area contributed by atoms with Gasteiger partial charge in [-0.05, 0) is 11.5 Å². The molecule has 0 aromatic carbocycles. The summed E-state index contributed by atoms with van der Waals surface area (Å²) in [6.45, 7) is 6.19. The molecule has 0 aliphatic rings. The number of carbonyl (C=O) groups is 1. The van der Waals surface area contributed by atoms with Gasteiger partial charge >= 0.3 is 0 Å². The molecule has 0 saturated heterocycles. The highest BCUT2D eigenvalue weighted by Crippen LogP contribution is 2.27. The Bertz CT molecular complexity index is 355. The molecule has 4 nitrogen and oxygen atoms in total. The minimum Gasteiger partial charge on any atom is -0.322 e. The lowest BCUT2D eigenvalue weighted by Gasteiger charge is -2.21. The van der Waals surface area contributed by atoms with Gasteiger partial charge in [-0.15, -0.1) is 0 Å². The summed E-state index contributed by atoms with van der Waals surface area (Å²) >= 11 is 0. The molecule has 0 bridgehead atoms. The van der Waals surface area contributed by atoms with Gasteiger partial charge in [-0.3, -0.25) is 4.79 Å². The Morgan fingerprint density at radius 2 is 2.20 bits per heavy atom. The van der Waals surface area contributed by atoms with Gasteiger partial charge in [0, 0.05) is 11.8 Å². The van der Waals surface area contributed by atoms with E-state index in [0.717, 1.165) is 5.56 Å². The zero-order valence-electron chi connectivity index (χ0n) is 9.37. The fourth-order valence-corrected chi connectivity index (χ4v) is 1.29. The molecular formula is C11H17N3O. The Hall–Kier alpha value is -1.42. The molecule has 0 atom stereocenters. The lowest BCUT2D eigenvalue weighted by atomic mass is 9.87. The maximum absolute atomic E-state index is 11.2. The molecule has 1 rings (SSSR count). The molecule has 0 fully saturated rings. The van der Waals surface area contributed by atoms with Gasteiger partial charge in [-0.25, -0.2) is 4.98 Å². The number of nitrogens with one attached hydrogen (secondary N) is 1. The number of hydrogen-bond acceptors (Lipinski definition) is 3. The summed E-state index contributed by atoms with van der Waals surface area (Å²) < 4.78 is 0. The predicted molar refractivity (Wildman–Crippen MR) is 60.6 cm³/mol. The summed E-state index contributed by atoms with van der Waals surface area (Å²) in [4.78, 5) is 15.3. The zero-order valence-corrected chi connectivity index (χ0v) is 9.37. The minimum absolute atomic E-state index is 0.0276. The number of rotatable bonds is 2. The third-order valence-electron chi connectivity index (χ3n) is 2.06. The SMILES string of the molecule is CC(C)(C)c1cccnc1NC(=O)CN. The van der Waals surface area contributed by atoms with E-state index in [4.69, 9.17) is 5.73 Å². The van der Waals surface area contributed by atoms with E-state index in [1.165, 1.54) is 0 Å². The van der Waals surface area contributed by atoms with E-state index in [-0.39, 0.29) is 17.9 Å². The minimum atomic E-state index is -0.223. The van der Waals surface area contributed by atoms with Gasteiger partial charge in [-0.1, -0.05) is 26.8 Å². The van der Waals surface area contributed by atoms with Crippen LogP contribution in [0.25, 0.3) is 0 Å². The van der Waals surface area contributed by atoms with E-state index in [1.54, 1.807) is 6.20 Å². The zero-order chi connectivity index (χ0) is 11.5. The summed E-state index contributed by atoms with van der Waals surface area (Å²) in [6, 6.07) is 3.82. The predicted octanol–water partition coefficient (Wildman–Crippen LogP) is 1.28. The second-order valence-electron chi connectivity index (χ2n) is 4.40. The Kier molecular flexibility index (Phi) is 3.42. The van der Waals surface area contributed by atoms with E-state index in [0.29, 0.717) is 5.82 Å². The van der Waals surface area contributed by atoms with E-state index < -0.39 is 0 Å². The number of aromatic nitrogens is 1. The third kappa shape index (κ3) is 3.02. The molecule has 0 spiro atoms. The first-order chi connectivity index (χ1) is 6.95. The van der Waals surface area contributed by atoms with Crippen LogP contribution in [-0.2, 0) is 10.2 Å². The van der Waals surface area contributed by atoms with Crippen molar-refractivity contribution in [1.82, 2.24) is 4.98 Å². The Labute approximate surface area is 89.9 Å². The molecule has 0 radical (unpaired) electrons. The first kappa shape index (κ1) is 11.7. The van der Waals surface area contributed by atoms with Crippen molar-refractivity contribution in [3.05, 3.63) is 23.9 Å². The van der Waals surface area contributed by atoms with Gasteiger partial charge in [0.1, 0.15) is 5.82 Å². The molecule has 82 valence electrons. The number of hydrogen-bond donors (Lipinski definition) is 2. The van der Waals surface area contributed by atoms with Gasteiger partial charge in [0.15, 0.2) is 0 Å². The summed E-state index contributed by atoms with van der Waals surface area (Å²) in [5, 5.41) is 2.69. The molecular weight excluding hydrogens is 190 g/mol. The highest BCUT2D eigenvalue weighted by molar-refractivity contribution is 5.91. The van der Waals surface area contributed by atoms with Crippen LogP contribution in [0.1, 0.15) is 26.3 Å². The van der Waals surface area contributed by atoms with Crippen LogP contribution in [0, 0.1) is 0 Å². The first-order valence-electron chi connectivity index (χ1n) is 4.90. The van der Waals surface area contributed by atoms with E-state index in [9.17, 15) is 4.79 Å². The van der Waals surface area contributed by atoms with E-state index in [2.05, 4.69) is 31.1 Å². The quantitative estimate of drug-likeness (QED) is 0.767. The molecule has 0 aliphatic carbocycles. The van der Waals surface area contributed by atoms with Crippen LogP contribution in [0.4, 0.5) is 5.82 Å². The van der Waals surface area contributed by atoms with E-state index in [1.807, 2.05) is 12.1 Å². The van der Waals surface area contributed by atoms with Crippen molar-refractivity contribution in [2.75, 3.05) is 11.9 Å². The van der Waals surface area contributed by atoms with Crippen molar-refractivity contribution >= 4 is 11.7 Å².